The summed E-state index contributed by atoms with van der Waals surface area (Å²) in [5.41, 5.74) is -0.464. The Labute approximate surface area is 120 Å². The molecule has 2 heterocycles. The van der Waals surface area contributed by atoms with Crippen LogP contribution in [0.15, 0.2) is 18.3 Å². The number of benzene rings is 1. The van der Waals surface area contributed by atoms with Gasteiger partial charge in [-0.1, -0.05) is 11.6 Å². The largest absolute Gasteiger partial charge is 0.299 e. The van der Waals surface area contributed by atoms with Gasteiger partial charge in [-0.15, -0.1) is 11.3 Å². The Bertz CT molecular complexity index is 747. The van der Waals surface area contributed by atoms with E-state index >= 15 is 0 Å². The number of Topliss-reactive ketones (excluding diaryl/α,β-unsaturated/α-hetero) is 1. The molecule has 0 spiro atoms. The van der Waals surface area contributed by atoms with Gasteiger partial charge < -0.3 is 0 Å². The van der Waals surface area contributed by atoms with E-state index in [1.807, 2.05) is 0 Å². The summed E-state index contributed by atoms with van der Waals surface area (Å²) >= 11 is 6.80. The molecular formula is C12H5ClF2N2O2S. The molecule has 20 heavy (non-hydrogen) atoms. The minimum Gasteiger partial charge on any atom is -0.299 e. The topological polar surface area (TPSA) is 50.3 Å². The molecule has 0 N–H and O–H groups in total. The smallest absolute Gasteiger partial charge is 0.299 e. The monoisotopic (exact) mass is 314 g/mol. The van der Waals surface area contributed by atoms with E-state index in [9.17, 15) is 18.4 Å². The molecule has 0 radical (unpaired) electrons. The van der Waals surface area contributed by atoms with Crippen molar-refractivity contribution >= 4 is 40.3 Å². The summed E-state index contributed by atoms with van der Waals surface area (Å²) in [7, 11) is 0. The quantitative estimate of drug-likeness (QED) is 0.801. The number of anilines is 1. The van der Waals surface area contributed by atoms with E-state index in [-0.39, 0.29) is 16.7 Å². The molecule has 0 atom stereocenters. The molecule has 0 saturated heterocycles. The molecule has 2 aromatic rings. The first-order valence-corrected chi connectivity index (χ1v) is 6.62. The van der Waals surface area contributed by atoms with Gasteiger partial charge in [0, 0.05) is 17.1 Å². The SMILES string of the molecule is O=C1C(=O)N(Cc2cnc(Cl)s2)c2cc(F)cc(F)c21. The van der Waals surface area contributed by atoms with Crippen molar-refractivity contribution in [1.29, 1.82) is 0 Å². The molecule has 1 aliphatic heterocycles. The fraction of sp³-hybridized carbons (Fsp3) is 0.0833. The highest BCUT2D eigenvalue weighted by Gasteiger charge is 2.39. The third-order valence-electron chi connectivity index (χ3n) is 2.83. The number of fused-ring (bicyclic) bond motifs is 1. The zero-order valence-electron chi connectivity index (χ0n) is 9.69. The number of halogens is 3. The molecule has 1 amide bonds. The van der Waals surface area contributed by atoms with Gasteiger partial charge in [0.15, 0.2) is 4.47 Å². The van der Waals surface area contributed by atoms with E-state index in [2.05, 4.69) is 4.98 Å². The molecule has 102 valence electrons. The number of aromatic nitrogens is 1. The third kappa shape index (κ3) is 1.99. The van der Waals surface area contributed by atoms with Crippen LogP contribution in [0.1, 0.15) is 15.2 Å². The van der Waals surface area contributed by atoms with Crippen molar-refractivity contribution in [2.24, 2.45) is 0 Å². The Morgan fingerprint density at radius 1 is 1.30 bits per heavy atom. The molecule has 0 bridgehead atoms. The Balaban J connectivity index is 2.06. The normalized spacial score (nSPS) is 14.1. The minimum absolute atomic E-state index is 0.00907. The van der Waals surface area contributed by atoms with Crippen molar-refractivity contribution in [3.8, 4) is 0 Å². The van der Waals surface area contributed by atoms with Gasteiger partial charge in [0.1, 0.15) is 11.6 Å². The highest BCUT2D eigenvalue weighted by Crippen LogP contribution is 2.34. The molecule has 1 aliphatic rings. The van der Waals surface area contributed by atoms with Crippen molar-refractivity contribution in [2.75, 3.05) is 4.90 Å². The van der Waals surface area contributed by atoms with Crippen LogP contribution >= 0.6 is 22.9 Å². The Morgan fingerprint density at radius 3 is 2.70 bits per heavy atom. The van der Waals surface area contributed by atoms with Crippen LogP contribution in [0, 0.1) is 11.6 Å². The number of amides is 1. The van der Waals surface area contributed by atoms with E-state index in [0.29, 0.717) is 10.9 Å². The average Bonchev–Trinajstić information content (AvgIpc) is 2.87. The highest BCUT2D eigenvalue weighted by atomic mass is 35.5. The maximum atomic E-state index is 13.6. The van der Waals surface area contributed by atoms with Gasteiger partial charge >= 0.3 is 0 Å². The van der Waals surface area contributed by atoms with Gasteiger partial charge in [0.25, 0.3) is 11.7 Å². The maximum Gasteiger partial charge on any atom is 0.299 e. The standard InChI is InChI=1S/C12H5ClF2N2O2S/c13-12-16-3-6(20-12)4-17-8-2-5(14)1-7(15)9(8)10(18)11(17)19/h1-3H,4H2. The van der Waals surface area contributed by atoms with Crippen molar-refractivity contribution in [1.82, 2.24) is 4.98 Å². The second-order valence-corrected chi connectivity index (χ2v) is 5.78. The number of hydrogen-bond acceptors (Lipinski definition) is 4. The number of ketones is 1. The average molecular weight is 315 g/mol. The van der Waals surface area contributed by atoms with Crippen molar-refractivity contribution < 1.29 is 18.4 Å². The summed E-state index contributed by atoms with van der Waals surface area (Å²) in [5, 5.41) is 0. The van der Waals surface area contributed by atoms with Crippen molar-refractivity contribution in [3.63, 3.8) is 0 Å². The fourth-order valence-corrected chi connectivity index (χ4v) is 2.97. The summed E-state index contributed by atoms with van der Waals surface area (Å²) in [6, 6.07) is 1.54. The first kappa shape index (κ1) is 13.1. The summed E-state index contributed by atoms with van der Waals surface area (Å²) in [4.78, 5) is 29.1. The second-order valence-electron chi connectivity index (χ2n) is 4.08. The van der Waals surface area contributed by atoms with Crippen LogP contribution in [0.2, 0.25) is 4.47 Å². The van der Waals surface area contributed by atoms with E-state index in [4.69, 9.17) is 11.6 Å². The zero-order valence-corrected chi connectivity index (χ0v) is 11.3. The Kier molecular flexibility index (Phi) is 3.02. The first-order chi connectivity index (χ1) is 9.47. The lowest BCUT2D eigenvalue weighted by atomic mass is 10.1. The molecule has 1 aromatic carbocycles. The molecule has 1 aromatic heterocycles. The van der Waals surface area contributed by atoms with Crippen molar-refractivity contribution in [3.05, 3.63) is 44.9 Å². The Morgan fingerprint density at radius 2 is 2.05 bits per heavy atom. The summed E-state index contributed by atoms with van der Waals surface area (Å²) < 4.78 is 27.2. The van der Waals surface area contributed by atoms with Crippen LogP contribution in [0.3, 0.4) is 0 Å². The maximum absolute atomic E-state index is 13.6. The van der Waals surface area contributed by atoms with Gasteiger partial charge in [-0.2, -0.15) is 0 Å². The van der Waals surface area contributed by atoms with E-state index < -0.39 is 28.9 Å². The van der Waals surface area contributed by atoms with E-state index in [1.165, 1.54) is 6.20 Å². The third-order valence-corrected chi connectivity index (χ3v) is 3.93. The minimum atomic E-state index is -1.04. The van der Waals surface area contributed by atoms with Crippen LogP contribution in [0.25, 0.3) is 0 Å². The molecule has 3 rings (SSSR count). The molecule has 0 aliphatic carbocycles. The molecule has 0 fully saturated rings. The number of rotatable bonds is 2. The molecular weight excluding hydrogens is 310 g/mol. The fourth-order valence-electron chi connectivity index (χ4n) is 2.01. The van der Waals surface area contributed by atoms with Crippen LogP contribution in [0.5, 0.6) is 0 Å². The lowest BCUT2D eigenvalue weighted by Gasteiger charge is -2.15. The van der Waals surface area contributed by atoms with Gasteiger partial charge in [0.2, 0.25) is 0 Å². The number of hydrogen-bond donors (Lipinski definition) is 0. The summed E-state index contributed by atoms with van der Waals surface area (Å²) in [6.07, 6.45) is 1.44. The van der Waals surface area contributed by atoms with Crippen LogP contribution in [-0.4, -0.2) is 16.7 Å². The summed E-state index contributed by atoms with van der Waals surface area (Å²) in [5.74, 6) is -3.76. The zero-order chi connectivity index (χ0) is 14.4. The van der Waals surface area contributed by atoms with Gasteiger partial charge in [-0.25, -0.2) is 13.8 Å². The Hall–Kier alpha value is -1.86. The van der Waals surface area contributed by atoms with E-state index in [1.54, 1.807) is 0 Å². The lowest BCUT2D eigenvalue weighted by molar-refractivity contribution is -0.114. The van der Waals surface area contributed by atoms with E-state index in [0.717, 1.165) is 22.3 Å². The molecule has 8 heteroatoms. The van der Waals surface area contributed by atoms with Gasteiger partial charge in [0.05, 0.1) is 17.8 Å². The van der Waals surface area contributed by atoms with Crippen LogP contribution in [-0.2, 0) is 11.3 Å². The highest BCUT2D eigenvalue weighted by molar-refractivity contribution is 7.15. The molecule has 4 nitrogen and oxygen atoms in total. The van der Waals surface area contributed by atoms with Crippen LogP contribution < -0.4 is 4.90 Å². The number of carbonyl (C=O) groups excluding carboxylic acids is 2. The predicted molar refractivity (Wildman–Crippen MR) is 69.0 cm³/mol. The number of nitrogens with zero attached hydrogens (tertiary/aromatic N) is 2. The predicted octanol–water partition coefficient (Wildman–Crippen LogP) is 2.80. The van der Waals surface area contributed by atoms with Crippen LogP contribution in [0.4, 0.5) is 14.5 Å². The number of carbonyl (C=O) groups is 2. The molecule has 0 unspecified atom stereocenters. The first-order valence-electron chi connectivity index (χ1n) is 5.43. The van der Waals surface area contributed by atoms with Gasteiger partial charge in [-0.3, -0.25) is 14.5 Å². The van der Waals surface area contributed by atoms with Gasteiger partial charge in [-0.05, 0) is 6.07 Å². The molecule has 0 saturated carbocycles. The second kappa shape index (κ2) is 4.60. The lowest BCUT2D eigenvalue weighted by Crippen LogP contribution is -2.28. The number of thiazole rings is 1. The van der Waals surface area contributed by atoms with Crippen molar-refractivity contribution in [2.45, 2.75) is 6.54 Å². The summed E-state index contributed by atoms with van der Waals surface area (Å²) in [6.45, 7) is -0.00907.